The van der Waals surface area contributed by atoms with E-state index in [9.17, 15) is 0 Å². The maximum atomic E-state index is 5.34. The maximum Gasteiger partial charge on any atom is 0.159 e. The summed E-state index contributed by atoms with van der Waals surface area (Å²) in [7, 11) is 1.70. The third kappa shape index (κ3) is 4.38. The van der Waals surface area contributed by atoms with Gasteiger partial charge in [-0.3, -0.25) is 4.68 Å². The number of aromatic nitrogens is 2. The average molecular weight is 239 g/mol. The van der Waals surface area contributed by atoms with Gasteiger partial charge in [-0.2, -0.15) is 5.10 Å². The molecule has 0 aliphatic heterocycles. The van der Waals surface area contributed by atoms with Gasteiger partial charge >= 0.3 is 0 Å². The Kier molecular flexibility index (Phi) is 5.00. The molecule has 1 aromatic rings. The molecule has 0 unspecified atom stereocenters. The first-order chi connectivity index (χ1) is 7.98. The highest BCUT2D eigenvalue weighted by molar-refractivity contribution is 5.25. The van der Waals surface area contributed by atoms with Crippen LogP contribution in [0.25, 0.3) is 0 Å². The summed E-state index contributed by atoms with van der Waals surface area (Å²) >= 11 is 0. The van der Waals surface area contributed by atoms with E-state index in [-0.39, 0.29) is 5.54 Å². The van der Waals surface area contributed by atoms with Gasteiger partial charge in [-0.05, 0) is 27.2 Å². The molecule has 4 nitrogen and oxygen atoms in total. The molecule has 17 heavy (non-hydrogen) atoms. The van der Waals surface area contributed by atoms with Crippen molar-refractivity contribution in [1.82, 2.24) is 15.1 Å². The Labute approximate surface area is 104 Å². The summed E-state index contributed by atoms with van der Waals surface area (Å²) in [5.74, 6) is 0.897. The van der Waals surface area contributed by atoms with Crippen LogP contribution < -0.4 is 10.1 Å². The predicted octanol–water partition coefficient (Wildman–Crippen LogP) is 2.23. The third-order valence-corrected chi connectivity index (χ3v) is 2.58. The lowest BCUT2D eigenvalue weighted by Gasteiger charge is -2.20. The van der Waals surface area contributed by atoms with E-state index in [2.05, 4.69) is 38.1 Å². The minimum atomic E-state index is 0.156. The Hall–Kier alpha value is -1.03. The van der Waals surface area contributed by atoms with Gasteiger partial charge in [0, 0.05) is 25.0 Å². The summed E-state index contributed by atoms with van der Waals surface area (Å²) in [4.78, 5) is 0. The first kappa shape index (κ1) is 14.0. The van der Waals surface area contributed by atoms with Crippen molar-refractivity contribution in [2.45, 2.75) is 52.6 Å². The first-order valence-electron chi connectivity index (χ1n) is 6.31. The van der Waals surface area contributed by atoms with E-state index in [0.29, 0.717) is 0 Å². The van der Waals surface area contributed by atoms with Crippen LogP contribution in [0.5, 0.6) is 5.75 Å². The van der Waals surface area contributed by atoms with Crippen LogP contribution in [-0.4, -0.2) is 29.0 Å². The van der Waals surface area contributed by atoms with Gasteiger partial charge in [-0.15, -0.1) is 0 Å². The van der Waals surface area contributed by atoms with Gasteiger partial charge in [-0.1, -0.05) is 6.92 Å². The van der Waals surface area contributed by atoms with Crippen LogP contribution in [0.15, 0.2) is 6.20 Å². The molecular formula is C13H25N3O. The van der Waals surface area contributed by atoms with Crippen LogP contribution in [0.2, 0.25) is 0 Å². The van der Waals surface area contributed by atoms with E-state index in [1.807, 2.05) is 10.9 Å². The number of methoxy groups -OCH3 is 1. The third-order valence-electron chi connectivity index (χ3n) is 2.58. The van der Waals surface area contributed by atoms with Gasteiger partial charge in [0.1, 0.15) is 0 Å². The van der Waals surface area contributed by atoms with E-state index in [4.69, 9.17) is 4.74 Å². The Balaban J connectivity index is 2.64. The summed E-state index contributed by atoms with van der Waals surface area (Å²) in [6.45, 7) is 10.6. The standard InChI is InChI=1S/C13H25N3O/c1-6-9-16-11(12(17-5)10-15-16)7-8-14-13(2,3)4/h10,14H,6-9H2,1-5H3. The SMILES string of the molecule is CCCn1ncc(OC)c1CCNC(C)(C)C. The molecule has 4 heteroatoms. The number of ether oxygens (including phenoxy) is 1. The van der Waals surface area contributed by atoms with E-state index in [1.165, 1.54) is 5.69 Å². The maximum absolute atomic E-state index is 5.34. The van der Waals surface area contributed by atoms with Gasteiger partial charge in [0.05, 0.1) is 19.0 Å². The topological polar surface area (TPSA) is 39.1 Å². The van der Waals surface area contributed by atoms with Crippen molar-refractivity contribution in [3.8, 4) is 5.75 Å². The van der Waals surface area contributed by atoms with E-state index < -0.39 is 0 Å². The van der Waals surface area contributed by atoms with Crippen molar-refractivity contribution < 1.29 is 4.74 Å². The van der Waals surface area contributed by atoms with E-state index in [0.717, 1.165) is 31.7 Å². The number of hydrogen-bond donors (Lipinski definition) is 1. The first-order valence-corrected chi connectivity index (χ1v) is 6.31. The zero-order chi connectivity index (χ0) is 12.9. The molecule has 0 spiro atoms. The molecule has 0 aliphatic rings. The van der Waals surface area contributed by atoms with Crippen molar-refractivity contribution in [2.24, 2.45) is 0 Å². The molecule has 0 aromatic carbocycles. The lowest BCUT2D eigenvalue weighted by Crippen LogP contribution is -2.37. The largest absolute Gasteiger partial charge is 0.493 e. The number of rotatable bonds is 6. The highest BCUT2D eigenvalue weighted by Gasteiger charge is 2.13. The number of nitrogens with one attached hydrogen (secondary N) is 1. The average Bonchev–Trinajstić information content (AvgIpc) is 2.60. The molecule has 0 amide bonds. The molecule has 98 valence electrons. The molecule has 1 aromatic heterocycles. The second kappa shape index (κ2) is 6.05. The normalized spacial score (nSPS) is 11.8. The lowest BCUT2D eigenvalue weighted by atomic mass is 10.1. The fraction of sp³-hybridized carbons (Fsp3) is 0.769. The molecule has 0 saturated carbocycles. The summed E-state index contributed by atoms with van der Waals surface area (Å²) in [6, 6.07) is 0. The van der Waals surface area contributed by atoms with Crippen molar-refractivity contribution >= 4 is 0 Å². The molecule has 0 radical (unpaired) electrons. The Morgan fingerprint density at radius 3 is 2.65 bits per heavy atom. The molecule has 1 rings (SSSR count). The van der Waals surface area contributed by atoms with E-state index >= 15 is 0 Å². The highest BCUT2D eigenvalue weighted by Crippen LogP contribution is 2.18. The van der Waals surface area contributed by atoms with E-state index in [1.54, 1.807) is 7.11 Å². The molecule has 0 saturated heterocycles. The number of aryl methyl sites for hydroxylation is 1. The van der Waals surface area contributed by atoms with Gasteiger partial charge < -0.3 is 10.1 Å². The highest BCUT2D eigenvalue weighted by atomic mass is 16.5. The summed E-state index contributed by atoms with van der Waals surface area (Å²) in [5, 5.41) is 7.84. The Bertz CT molecular complexity index is 339. The van der Waals surface area contributed by atoms with Crippen LogP contribution in [0, 0.1) is 0 Å². The summed E-state index contributed by atoms with van der Waals surface area (Å²) in [6.07, 6.45) is 3.84. The fourth-order valence-electron chi connectivity index (χ4n) is 1.78. The molecule has 0 atom stereocenters. The number of nitrogens with zero attached hydrogens (tertiary/aromatic N) is 2. The zero-order valence-corrected chi connectivity index (χ0v) is 11.7. The minimum Gasteiger partial charge on any atom is -0.493 e. The lowest BCUT2D eigenvalue weighted by molar-refractivity contribution is 0.397. The second-order valence-electron chi connectivity index (χ2n) is 5.31. The Morgan fingerprint density at radius 1 is 1.41 bits per heavy atom. The number of hydrogen-bond acceptors (Lipinski definition) is 3. The van der Waals surface area contributed by atoms with Crippen LogP contribution in [0.1, 0.15) is 39.8 Å². The fourth-order valence-corrected chi connectivity index (χ4v) is 1.78. The Morgan fingerprint density at radius 2 is 2.12 bits per heavy atom. The van der Waals surface area contributed by atoms with Crippen LogP contribution in [-0.2, 0) is 13.0 Å². The molecule has 0 aliphatic carbocycles. The predicted molar refractivity (Wildman–Crippen MR) is 70.5 cm³/mol. The summed E-state index contributed by atoms with van der Waals surface area (Å²) < 4.78 is 7.39. The van der Waals surface area contributed by atoms with Crippen LogP contribution in [0.4, 0.5) is 0 Å². The molecule has 0 bridgehead atoms. The van der Waals surface area contributed by atoms with Gasteiger partial charge in [0.25, 0.3) is 0 Å². The van der Waals surface area contributed by atoms with Crippen molar-refractivity contribution in [1.29, 1.82) is 0 Å². The van der Waals surface area contributed by atoms with Crippen molar-refractivity contribution in [3.63, 3.8) is 0 Å². The van der Waals surface area contributed by atoms with Crippen molar-refractivity contribution in [2.75, 3.05) is 13.7 Å². The molecule has 1 N–H and O–H groups in total. The monoisotopic (exact) mass is 239 g/mol. The zero-order valence-electron chi connectivity index (χ0n) is 11.7. The van der Waals surface area contributed by atoms with Gasteiger partial charge in [0.2, 0.25) is 0 Å². The second-order valence-corrected chi connectivity index (χ2v) is 5.31. The molecule has 0 fully saturated rings. The molecular weight excluding hydrogens is 214 g/mol. The minimum absolute atomic E-state index is 0.156. The smallest absolute Gasteiger partial charge is 0.159 e. The summed E-state index contributed by atoms with van der Waals surface area (Å²) in [5.41, 5.74) is 1.34. The quantitative estimate of drug-likeness (QED) is 0.827. The van der Waals surface area contributed by atoms with Crippen LogP contribution >= 0.6 is 0 Å². The van der Waals surface area contributed by atoms with Crippen LogP contribution in [0.3, 0.4) is 0 Å². The van der Waals surface area contributed by atoms with Gasteiger partial charge in [0.15, 0.2) is 5.75 Å². The van der Waals surface area contributed by atoms with Crippen molar-refractivity contribution in [3.05, 3.63) is 11.9 Å². The molecule has 1 heterocycles. The van der Waals surface area contributed by atoms with Gasteiger partial charge in [-0.25, -0.2) is 0 Å².